The second kappa shape index (κ2) is 7.26. The Labute approximate surface area is 156 Å². The summed E-state index contributed by atoms with van der Waals surface area (Å²) in [6.07, 6.45) is 0.192. The van der Waals surface area contributed by atoms with E-state index in [4.69, 9.17) is 9.47 Å². The summed E-state index contributed by atoms with van der Waals surface area (Å²) in [5, 5.41) is 0. The SMILES string of the molecule is O=C(Cc1ccc2c(c1)OCO2)N1CCN(Cc2ccccc2F)C(=O)C1. The van der Waals surface area contributed by atoms with Crippen molar-refractivity contribution >= 4 is 11.8 Å². The van der Waals surface area contributed by atoms with Crippen molar-refractivity contribution in [1.82, 2.24) is 9.80 Å². The van der Waals surface area contributed by atoms with Gasteiger partial charge < -0.3 is 19.3 Å². The molecule has 0 bridgehead atoms. The van der Waals surface area contributed by atoms with E-state index in [9.17, 15) is 14.0 Å². The molecule has 2 aliphatic heterocycles. The third-order valence-corrected chi connectivity index (χ3v) is 4.78. The molecule has 2 aromatic carbocycles. The Morgan fingerprint density at radius 1 is 1.07 bits per heavy atom. The molecular weight excluding hydrogens is 351 g/mol. The number of halogens is 1. The maximum atomic E-state index is 13.8. The lowest BCUT2D eigenvalue weighted by Crippen LogP contribution is -2.52. The molecule has 4 rings (SSSR count). The first-order valence-corrected chi connectivity index (χ1v) is 8.77. The van der Waals surface area contributed by atoms with E-state index in [2.05, 4.69) is 0 Å². The van der Waals surface area contributed by atoms with Crippen LogP contribution < -0.4 is 9.47 Å². The highest BCUT2D eigenvalue weighted by molar-refractivity contribution is 5.87. The molecule has 2 heterocycles. The number of benzene rings is 2. The third-order valence-electron chi connectivity index (χ3n) is 4.78. The minimum atomic E-state index is -0.327. The number of amides is 2. The van der Waals surface area contributed by atoms with E-state index in [0.717, 1.165) is 5.56 Å². The van der Waals surface area contributed by atoms with Gasteiger partial charge in [0.25, 0.3) is 0 Å². The van der Waals surface area contributed by atoms with E-state index in [0.29, 0.717) is 30.2 Å². The molecule has 0 radical (unpaired) electrons. The van der Waals surface area contributed by atoms with Gasteiger partial charge in [0, 0.05) is 25.2 Å². The number of piperazine rings is 1. The van der Waals surface area contributed by atoms with E-state index in [1.165, 1.54) is 6.07 Å². The summed E-state index contributed by atoms with van der Waals surface area (Å²) >= 11 is 0. The summed E-state index contributed by atoms with van der Waals surface area (Å²) in [6.45, 7) is 1.24. The maximum absolute atomic E-state index is 13.8. The van der Waals surface area contributed by atoms with Gasteiger partial charge in [-0.15, -0.1) is 0 Å². The average Bonchev–Trinajstić information content (AvgIpc) is 3.13. The number of fused-ring (bicyclic) bond motifs is 1. The summed E-state index contributed by atoms with van der Waals surface area (Å²) in [6, 6.07) is 11.8. The topological polar surface area (TPSA) is 59.1 Å². The molecule has 2 aliphatic rings. The number of nitrogens with zero attached hydrogens (tertiary/aromatic N) is 2. The summed E-state index contributed by atoms with van der Waals surface area (Å²) in [5.74, 6) is 0.678. The molecule has 2 aromatic rings. The Bertz CT molecular complexity index is 886. The van der Waals surface area contributed by atoms with Crippen molar-refractivity contribution in [3.8, 4) is 11.5 Å². The largest absolute Gasteiger partial charge is 0.454 e. The van der Waals surface area contributed by atoms with Crippen LogP contribution in [0.2, 0.25) is 0 Å². The fourth-order valence-corrected chi connectivity index (χ4v) is 3.26. The van der Waals surface area contributed by atoms with Gasteiger partial charge >= 0.3 is 0 Å². The quantitative estimate of drug-likeness (QED) is 0.826. The van der Waals surface area contributed by atoms with Crippen molar-refractivity contribution in [3.63, 3.8) is 0 Å². The van der Waals surface area contributed by atoms with Crippen molar-refractivity contribution in [1.29, 1.82) is 0 Å². The van der Waals surface area contributed by atoms with Crippen LogP contribution >= 0.6 is 0 Å². The molecule has 0 unspecified atom stereocenters. The van der Waals surface area contributed by atoms with Crippen molar-refractivity contribution in [2.45, 2.75) is 13.0 Å². The highest BCUT2D eigenvalue weighted by Crippen LogP contribution is 2.32. The minimum absolute atomic E-state index is 0.0117. The van der Waals surface area contributed by atoms with Gasteiger partial charge in [0.2, 0.25) is 18.6 Å². The molecule has 7 heteroatoms. The maximum Gasteiger partial charge on any atom is 0.242 e. The zero-order chi connectivity index (χ0) is 18.8. The van der Waals surface area contributed by atoms with E-state index in [-0.39, 0.29) is 43.9 Å². The first-order valence-electron chi connectivity index (χ1n) is 8.77. The normalized spacial score (nSPS) is 16.0. The summed E-state index contributed by atoms with van der Waals surface area (Å²) in [4.78, 5) is 28.1. The van der Waals surface area contributed by atoms with Gasteiger partial charge in [-0.1, -0.05) is 24.3 Å². The Morgan fingerprint density at radius 2 is 1.89 bits per heavy atom. The van der Waals surface area contributed by atoms with Crippen LogP contribution in [0.25, 0.3) is 0 Å². The number of rotatable bonds is 4. The van der Waals surface area contributed by atoms with Gasteiger partial charge in [0.15, 0.2) is 11.5 Å². The van der Waals surface area contributed by atoms with Crippen LogP contribution in [0.1, 0.15) is 11.1 Å². The molecule has 6 nitrogen and oxygen atoms in total. The van der Waals surface area contributed by atoms with Crippen LogP contribution in [-0.2, 0) is 22.6 Å². The van der Waals surface area contributed by atoms with Gasteiger partial charge in [-0.2, -0.15) is 0 Å². The molecule has 0 aromatic heterocycles. The number of carbonyl (C=O) groups excluding carboxylic acids is 2. The lowest BCUT2D eigenvalue weighted by Gasteiger charge is -2.34. The Hall–Kier alpha value is -3.09. The Balaban J connectivity index is 1.35. The molecule has 27 heavy (non-hydrogen) atoms. The average molecular weight is 370 g/mol. The lowest BCUT2D eigenvalue weighted by molar-refractivity contribution is -0.145. The van der Waals surface area contributed by atoms with Crippen LogP contribution in [0.4, 0.5) is 4.39 Å². The molecule has 140 valence electrons. The molecule has 1 saturated heterocycles. The first-order chi connectivity index (χ1) is 13.1. The number of carbonyl (C=O) groups is 2. The predicted molar refractivity (Wildman–Crippen MR) is 94.7 cm³/mol. The molecule has 1 fully saturated rings. The third kappa shape index (κ3) is 3.72. The Kier molecular flexibility index (Phi) is 4.66. The second-order valence-electron chi connectivity index (χ2n) is 6.59. The van der Waals surface area contributed by atoms with Crippen molar-refractivity contribution in [2.24, 2.45) is 0 Å². The molecular formula is C20H19FN2O4. The monoisotopic (exact) mass is 370 g/mol. The highest BCUT2D eigenvalue weighted by atomic mass is 19.1. The van der Waals surface area contributed by atoms with Gasteiger partial charge in [-0.05, 0) is 23.8 Å². The minimum Gasteiger partial charge on any atom is -0.454 e. The molecule has 0 saturated carbocycles. The Morgan fingerprint density at radius 3 is 2.70 bits per heavy atom. The van der Waals surface area contributed by atoms with Crippen molar-refractivity contribution in [3.05, 3.63) is 59.4 Å². The lowest BCUT2D eigenvalue weighted by atomic mass is 10.1. The number of ether oxygens (including phenoxy) is 2. The van der Waals surface area contributed by atoms with Crippen molar-refractivity contribution in [2.75, 3.05) is 26.4 Å². The number of hydrogen-bond acceptors (Lipinski definition) is 4. The number of hydrogen-bond donors (Lipinski definition) is 0. The van der Waals surface area contributed by atoms with Gasteiger partial charge in [0.05, 0.1) is 13.0 Å². The molecule has 0 atom stereocenters. The van der Waals surface area contributed by atoms with Crippen LogP contribution in [-0.4, -0.2) is 48.0 Å². The van der Waals surface area contributed by atoms with E-state index in [1.54, 1.807) is 40.1 Å². The van der Waals surface area contributed by atoms with Gasteiger partial charge in [0.1, 0.15) is 5.82 Å². The molecule has 0 N–H and O–H groups in total. The molecule has 0 aliphatic carbocycles. The fourth-order valence-electron chi connectivity index (χ4n) is 3.26. The fraction of sp³-hybridized carbons (Fsp3) is 0.300. The molecule has 0 spiro atoms. The smallest absolute Gasteiger partial charge is 0.242 e. The highest BCUT2D eigenvalue weighted by Gasteiger charge is 2.27. The summed E-state index contributed by atoms with van der Waals surface area (Å²) < 4.78 is 24.4. The van der Waals surface area contributed by atoms with Crippen LogP contribution in [0.15, 0.2) is 42.5 Å². The van der Waals surface area contributed by atoms with Crippen LogP contribution in [0.5, 0.6) is 11.5 Å². The predicted octanol–water partition coefficient (Wildman–Crippen LogP) is 1.97. The summed E-state index contributed by atoms with van der Waals surface area (Å²) in [5.41, 5.74) is 1.29. The van der Waals surface area contributed by atoms with E-state index >= 15 is 0 Å². The van der Waals surface area contributed by atoms with Crippen molar-refractivity contribution < 1.29 is 23.5 Å². The summed E-state index contributed by atoms with van der Waals surface area (Å²) in [7, 11) is 0. The zero-order valence-electron chi connectivity index (χ0n) is 14.7. The van der Waals surface area contributed by atoms with E-state index < -0.39 is 0 Å². The molecule has 2 amide bonds. The van der Waals surface area contributed by atoms with Gasteiger partial charge in [-0.3, -0.25) is 9.59 Å². The van der Waals surface area contributed by atoms with Crippen LogP contribution in [0.3, 0.4) is 0 Å². The van der Waals surface area contributed by atoms with Crippen LogP contribution in [0, 0.1) is 5.82 Å². The van der Waals surface area contributed by atoms with E-state index in [1.807, 2.05) is 6.07 Å². The first kappa shape index (κ1) is 17.3. The second-order valence-corrected chi connectivity index (χ2v) is 6.59. The van der Waals surface area contributed by atoms with Gasteiger partial charge in [-0.25, -0.2) is 4.39 Å². The standard InChI is InChI=1S/C20H19FN2O4/c21-16-4-2-1-3-15(16)11-22-7-8-23(12-20(22)25)19(24)10-14-5-6-17-18(9-14)27-13-26-17/h1-6,9H,7-8,10-13H2. The zero-order valence-corrected chi connectivity index (χ0v) is 14.7.